The van der Waals surface area contributed by atoms with Crippen molar-refractivity contribution in [1.82, 2.24) is 9.80 Å². The molecule has 27 heavy (non-hydrogen) atoms. The van der Waals surface area contributed by atoms with E-state index in [0.29, 0.717) is 6.61 Å². The maximum Gasteiger partial charge on any atom is 0.416 e. The number of hydrogen-bond acceptors (Lipinski definition) is 3. The molecule has 3 nitrogen and oxygen atoms in total. The summed E-state index contributed by atoms with van der Waals surface area (Å²) in [5.74, 6) is 0.270. The van der Waals surface area contributed by atoms with E-state index in [1.807, 2.05) is 6.07 Å². The van der Waals surface area contributed by atoms with Crippen molar-refractivity contribution in [3.63, 3.8) is 0 Å². The van der Waals surface area contributed by atoms with Crippen LogP contribution in [0.4, 0.5) is 13.2 Å². The van der Waals surface area contributed by atoms with E-state index in [2.05, 4.69) is 34.1 Å². The average molecular weight is 378 g/mol. The van der Waals surface area contributed by atoms with Crippen molar-refractivity contribution in [1.29, 1.82) is 0 Å². The highest BCUT2D eigenvalue weighted by molar-refractivity contribution is 5.30. The number of halogens is 3. The van der Waals surface area contributed by atoms with Gasteiger partial charge in [-0.15, -0.1) is 0 Å². The summed E-state index contributed by atoms with van der Waals surface area (Å²) in [4.78, 5) is 4.75. The van der Waals surface area contributed by atoms with Gasteiger partial charge in [0.05, 0.1) is 5.56 Å². The lowest BCUT2D eigenvalue weighted by Crippen LogP contribution is -2.47. The molecule has 1 aliphatic rings. The molecule has 1 saturated heterocycles. The quantitative estimate of drug-likeness (QED) is 0.726. The molecule has 0 N–H and O–H groups in total. The fraction of sp³-hybridized carbons (Fsp3) is 0.429. The predicted octanol–water partition coefficient (Wildman–Crippen LogP) is 3.94. The molecule has 2 aromatic carbocycles. The zero-order valence-corrected chi connectivity index (χ0v) is 15.3. The molecule has 6 heteroatoms. The van der Waals surface area contributed by atoms with Crippen molar-refractivity contribution >= 4 is 0 Å². The first kappa shape index (κ1) is 19.7. The zero-order chi connectivity index (χ0) is 19.1. The van der Waals surface area contributed by atoms with E-state index in [9.17, 15) is 13.2 Å². The third-order valence-corrected chi connectivity index (χ3v) is 4.86. The molecule has 1 heterocycles. The molecule has 0 saturated carbocycles. The molecule has 1 aliphatic heterocycles. The maximum atomic E-state index is 12.7. The number of ether oxygens (including phenoxy) is 1. The Morgan fingerprint density at radius 2 is 1.48 bits per heavy atom. The Labute approximate surface area is 158 Å². The minimum absolute atomic E-state index is 0.270. The van der Waals surface area contributed by atoms with Crippen LogP contribution in [0.2, 0.25) is 0 Å². The van der Waals surface area contributed by atoms with Gasteiger partial charge in [-0.3, -0.25) is 4.90 Å². The first-order valence-corrected chi connectivity index (χ1v) is 9.29. The lowest BCUT2D eigenvalue weighted by Gasteiger charge is -2.34. The molecule has 0 amide bonds. The SMILES string of the molecule is FC(F)(F)c1cccc(OCCN2CCN(CCc3ccccc3)CC2)c1. The molecule has 3 rings (SSSR count). The van der Waals surface area contributed by atoms with Crippen molar-refractivity contribution in [2.45, 2.75) is 12.6 Å². The van der Waals surface area contributed by atoms with Gasteiger partial charge < -0.3 is 9.64 Å². The molecule has 1 fully saturated rings. The fourth-order valence-electron chi connectivity index (χ4n) is 3.22. The second-order valence-corrected chi connectivity index (χ2v) is 6.79. The summed E-state index contributed by atoms with van der Waals surface area (Å²) < 4.78 is 43.7. The smallest absolute Gasteiger partial charge is 0.416 e. The molecule has 0 unspecified atom stereocenters. The van der Waals surface area contributed by atoms with Gasteiger partial charge in [0.25, 0.3) is 0 Å². The molecule has 0 aliphatic carbocycles. The largest absolute Gasteiger partial charge is 0.492 e. The van der Waals surface area contributed by atoms with Crippen LogP contribution in [0.25, 0.3) is 0 Å². The van der Waals surface area contributed by atoms with Gasteiger partial charge in [0, 0.05) is 39.3 Å². The molecule has 0 spiro atoms. The maximum absolute atomic E-state index is 12.7. The van der Waals surface area contributed by atoms with Gasteiger partial charge in [-0.2, -0.15) is 13.2 Å². The predicted molar refractivity (Wildman–Crippen MR) is 100.0 cm³/mol. The molecular weight excluding hydrogens is 353 g/mol. The van der Waals surface area contributed by atoms with Gasteiger partial charge in [-0.05, 0) is 30.2 Å². The van der Waals surface area contributed by atoms with Crippen molar-refractivity contribution < 1.29 is 17.9 Å². The third-order valence-electron chi connectivity index (χ3n) is 4.86. The highest BCUT2D eigenvalue weighted by Gasteiger charge is 2.30. The van der Waals surface area contributed by atoms with Crippen LogP contribution >= 0.6 is 0 Å². The number of benzene rings is 2. The molecule has 146 valence electrons. The van der Waals surface area contributed by atoms with Crippen LogP contribution < -0.4 is 4.74 Å². The first-order chi connectivity index (χ1) is 13.0. The highest BCUT2D eigenvalue weighted by Crippen LogP contribution is 2.31. The van der Waals surface area contributed by atoms with Gasteiger partial charge >= 0.3 is 6.18 Å². The van der Waals surface area contributed by atoms with Crippen LogP contribution in [-0.2, 0) is 12.6 Å². The van der Waals surface area contributed by atoms with Crippen LogP contribution in [-0.4, -0.2) is 55.7 Å². The van der Waals surface area contributed by atoms with E-state index in [1.165, 1.54) is 11.6 Å². The van der Waals surface area contributed by atoms with E-state index in [-0.39, 0.29) is 5.75 Å². The summed E-state index contributed by atoms with van der Waals surface area (Å²) in [6.45, 7) is 6.11. The van der Waals surface area contributed by atoms with Crippen LogP contribution in [0.1, 0.15) is 11.1 Å². The van der Waals surface area contributed by atoms with Crippen LogP contribution in [0.5, 0.6) is 5.75 Å². The molecule has 2 aromatic rings. The Morgan fingerprint density at radius 3 is 2.15 bits per heavy atom. The average Bonchev–Trinajstić information content (AvgIpc) is 2.68. The molecule has 0 radical (unpaired) electrons. The van der Waals surface area contributed by atoms with Gasteiger partial charge in [0.15, 0.2) is 0 Å². The van der Waals surface area contributed by atoms with Gasteiger partial charge in [0.1, 0.15) is 12.4 Å². The summed E-state index contributed by atoms with van der Waals surface area (Å²) in [6.07, 6.45) is -3.28. The standard InChI is InChI=1S/C21H25F3N2O/c22-21(23,24)19-7-4-8-20(17-19)27-16-15-26-13-11-25(12-14-26)10-9-18-5-2-1-3-6-18/h1-8,17H,9-16H2. The van der Waals surface area contributed by atoms with E-state index >= 15 is 0 Å². The minimum atomic E-state index is -4.34. The lowest BCUT2D eigenvalue weighted by molar-refractivity contribution is -0.137. The molecular formula is C21H25F3N2O. The molecule has 0 bridgehead atoms. The highest BCUT2D eigenvalue weighted by atomic mass is 19.4. The first-order valence-electron chi connectivity index (χ1n) is 9.29. The normalized spacial score (nSPS) is 16.4. The Hall–Kier alpha value is -2.05. The van der Waals surface area contributed by atoms with Crippen LogP contribution in [0.3, 0.4) is 0 Å². The second kappa shape index (κ2) is 9.24. The number of alkyl halides is 3. The number of piperazine rings is 1. The van der Waals surface area contributed by atoms with Gasteiger partial charge in [0.2, 0.25) is 0 Å². The van der Waals surface area contributed by atoms with Crippen molar-refractivity contribution in [3.05, 3.63) is 65.7 Å². The minimum Gasteiger partial charge on any atom is -0.492 e. The number of hydrogen-bond donors (Lipinski definition) is 0. The third kappa shape index (κ3) is 6.26. The lowest BCUT2D eigenvalue weighted by atomic mass is 10.1. The number of nitrogens with zero attached hydrogens (tertiary/aromatic N) is 2. The molecule has 0 aromatic heterocycles. The van der Waals surface area contributed by atoms with Crippen molar-refractivity contribution in [2.24, 2.45) is 0 Å². The van der Waals surface area contributed by atoms with Gasteiger partial charge in [-0.1, -0.05) is 36.4 Å². The fourth-order valence-corrected chi connectivity index (χ4v) is 3.22. The Morgan fingerprint density at radius 1 is 0.815 bits per heavy atom. The van der Waals surface area contributed by atoms with Gasteiger partial charge in [-0.25, -0.2) is 0 Å². The van der Waals surface area contributed by atoms with Crippen LogP contribution in [0, 0.1) is 0 Å². The van der Waals surface area contributed by atoms with Crippen molar-refractivity contribution in [2.75, 3.05) is 45.9 Å². The Balaban J connectivity index is 1.35. The van der Waals surface area contributed by atoms with Crippen molar-refractivity contribution in [3.8, 4) is 5.75 Å². The van der Waals surface area contributed by atoms with Crippen LogP contribution in [0.15, 0.2) is 54.6 Å². The van der Waals surface area contributed by atoms with E-state index in [4.69, 9.17) is 4.74 Å². The summed E-state index contributed by atoms with van der Waals surface area (Å²) >= 11 is 0. The Kier molecular flexibility index (Phi) is 6.74. The monoisotopic (exact) mass is 378 g/mol. The number of rotatable bonds is 7. The second-order valence-electron chi connectivity index (χ2n) is 6.79. The van der Waals surface area contributed by atoms with E-state index in [1.54, 1.807) is 6.07 Å². The summed E-state index contributed by atoms with van der Waals surface area (Å²) in [5, 5.41) is 0. The van der Waals surface area contributed by atoms with E-state index < -0.39 is 11.7 Å². The summed E-state index contributed by atoms with van der Waals surface area (Å²) in [7, 11) is 0. The Bertz CT molecular complexity index is 698. The summed E-state index contributed by atoms with van der Waals surface area (Å²) in [5.41, 5.74) is 0.682. The topological polar surface area (TPSA) is 15.7 Å². The zero-order valence-electron chi connectivity index (χ0n) is 15.3. The molecule has 0 atom stereocenters. The summed E-state index contributed by atoms with van der Waals surface area (Å²) in [6, 6.07) is 15.5. The van der Waals surface area contributed by atoms with E-state index in [0.717, 1.165) is 57.8 Å².